The fourth-order valence-electron chi connectivity index (χ4n) is 1.85. The summed E-state index contributed by atoms with van der Waals surface area (Å²) in [5.74, 6) is 1.64. The number of fused-ring (bicyclic) bond motifs is 1. The van der Waals surface area contributed by atoms with Crippen LogP contribution in [0, 0.1) is 11.3 Å². The SMILES string of the molecule is N#Cc1ccc2oc(Cc3ncc[nH]3)c(Br)c2c1. The molecule has 18 heavy (non-hydrogen) atoms. The molecule has 0 unspecified atom stereocenters. The average molecular weight is 302 g/mol. The summed E-state index contributed by atoms with van der Waals surface area (Å²) in [5.41, 5.74) is 1.39. The number of nitrogens with one attached hydrogen (secondary N) is 1. The molecule has 0 aliphatic rings. The second kappa shape index (κ2) is 4.31. The fraction of sp³-hybridized carbons (Fsp3) is 0.0769. The lowest BCUT2D eigenvalue weighted by atomic mass is 10.2. The first-order valence-electron chi connectivity index (χ1n) is 5.37. The van der Waals surface area contributed by atoms with Crippen molar-refractivity contribution in [2.45, 2.75) is 6.42 Å². The summed E-state index contributed by atoms with van der Waals surface area (Å²) in [7, 11) is 0. The first kappa shape index (κ1) is 11.1. The summed E-state index contributed by atoms with van der Waals surface area (Å²) in [6, 6.07) is 7.49. The van der Waals surface area contributed by atoms with Gasteiger partial charge in [-0.25, -0.2) is 4.98 Å². The van der Waals surface area contributed by atoms with Gasteiger partial charge in [0.2, 0.25) is 0 Å². The first-order chi connectivity index (χ1) is 8.78. The van der Waals surface area contributed by atoms with Crippen LogP contribution in [0.4, 0.5) is 0 Å². The molecule has 0 amide bonds. The Balaban J connectivity index is 2.09. The topological polar surface area (TPSA) is 65.6 Å². The lowest BCUT2D eigenvalue weighted by molar-refractivity contribution is 0.556. The monoisotopic (exact) mass is 301 g/mol. The van der Waals surface area contributed by atoms with Gasteiger partial charge in [-0.05, 0) is 34.1 Å². The number of rotatable bonds is 2. The molecule has 0 fully saturated rings. The largest absolute Gasteiger partial charge is 0.459 e. The third kappa shape index (κ3) is 1.81. The Bertz CT molecular complexity index is 738. The molecule has 2 aromatic heterocycles. The van der Waals surface area contributed by atoms with Gasteiger partial charge in [-0.1, -0.05) is 0 Å². The van der Waals surface area contributed by atoms with E-state index in [0.717, 1.165) is 27.0 Å². The minimum absolute atomic E-state index is 0.587. The van der Waals surface area contributed by atoms with Crippen LogP contribution in [-0.2, 0) is 6.42 Å². The van der Waals surface area contributed by atoms with Crippen LogP contribution in [0.1, 0.15) is 17.1 Å². The molecule has 5 heteroatoms. The third-order valence-corrected chi connectivity index (χ3v) is 3.58. The number of nitrogens with zero attached hydrogens (tertiary/aromatic N) is 2. The molecule has 0 atom stereocenters. The number of aromatic amines is 1. The molecule has 0 bridgehead atoms. The van der Waals surface area contributed by atoms with Crippen molar-refractivity contribution in [3.05, 3.63) is 52.2 Å². The summed E-state index contributed by atoms with van der Waals surface area (Å²) in [5, 5.41) is 9.80. The second-order valence-electron chi connectivity index (χ2n) is 3.87. The van der Waals surface area contributed by atoms with Gasteiger partial charge in [-0.2, -0.15) is 5.26 Å². The number of nitriles is 1. The van der Waals surface area contributed by atoms with Crippen molar-refractivity contribution < 1.29 is 4.42 Å². The molecular weight excluding hydrogens is 294 g/mol. The van der Waals surface area contributed by atoms with E-state index in [1.807, 2.05) is 12.1 Å². The quantitative estimate of drug-likeness (QED) is 0.789. The van der Waals surface area contributed by atoms with E-state index in [9.17, 15) is 0 Å². The highest BCUT2D eigenvalue weighted by Gasteiger charge is 2.13. The van der Waals surface area contributed by atoms with Crippen molar-refractivity contribution in [3.63, 3.8) is 0 Å². The summed E-state index contributed by atoms with van der Waals surface area (Å²) in [4.78, 5) is 7.20. The standard InChI is InChI=1S/C13H8BrN3O/c14-13-9-5-8(7-15)1-2-10(9)18-11(13)6-12-16-3-4-17-12/h1-5H,6H2,(H,16,17). The van der Waals surface area contributed by atoms with E-state index >= 15 is 0 Å². The molecule has 2 heterocycles. The zero-order valence-corrected chi connectivity index (χ0v) is 10.9. The number of furan rings is 1. The minimum atomic E-state index is 0.587. The Kier molecular flexibility index (Phi) is 2.65. The van der Waals surface area contributed by atoms with Crippen molar-refractivity contribution in [2.24, 2.45) is 0 Å². The number of benzene rings is 1. The molecule has 0 saturated carbocycles. The minimum Gasteiger partial charge on any atom is -0.459 e. The number of hydrogen-bond donors (Lipinski definition) is 1. The molecule has 3 aromatic rings. The Morgan fingerprint density at radius 1 is 1.44 bits per heavy atom. The highest BCUT2D eigenvalue weighted by Crippen LogP contribution is 2.32. The molecule has 88 valence electrons. The zero-order chi connectivity index (χ0) is 12.5. The Morgan fingerprint density at radius 3 is 3.06 bits per heavy atom. The predicted molar refractivity (Wildman–Crippen MR) is 70.0 cm³/mol. The van der Waals surface area contributed by atoms with Crippen LogP contribution < -0.4 is 0 Å². The third-order valence-electron chi connectivity index (χ3n) is 2.71. The highest BCUT2D eigenvalue weighted by atomic mass is 79.9. The van der Waals surface area contributed by atoms with Gasteiger partial charge in [0.1, 0.15) is 17.2 Å². The second-order valence-corrected chi connectivity index (χ2v) is 4.67. The van der Waals surface area contributed by atoms with Gasteiger partial charge >= 0.3 is 0 Å². The van der Waals surface area contributed by atoms with Gasteiger partial charge < -0.3 is 9.40 Å². The van der Waals surface area contributed by atoms with E-state index in [4.69, 9.17) is 9.68 Å². The molecule has 4 nitrogen and oxygen atoms in total. The molecule has 1 N–H and O–H groups in total. The van der Waals surface area contributed by atoms with Crippen molar-refractivity contribution >= 4 is 26.9 Å². The van der Waals surface area contributed by atoms with Crippen LogP contribution in [0.5, 0.6) is 0 Å². The van der Waals surface area contributed by atoms with Crippen LogP contribution in [0.15, 0.2) is 39.5 Å². The molecule has 3 rings (SSSR count). The van der Waals surface area contributed by atoms with Gasteiger partial charge in [-0.3, -0.25) is 0 Å². The molecule has 0 aliphatic heterocycles. The lowest BCUT2D eigenvalue weighted by Gasteiger charge is -1.93. The average Bonchev–Trinajstić information content (AvgIpc) is 2.99. The van der Waals surface area contributed by atoms with Gasteiger partial charge in [0, 0.05) is 17.8 Å². The number of halogens is 1. The van der Waals surface area contributed by atoms with Gasteiger partial charge in [0.15, 0.2) is 0 Å². The van der Waals surface area contributed by atoms with Crippen molar-refractivity contribution in [3.8, 4) is 6.07 Å². The van der Waals surface area contributed by atoms with Crippen LogP contribution >= 0.6 is 15.9 Å². The van der Waals surface area contributed by atoms with Crippen LogP contribution in [-0.4, -0.2) is 9.97 Å². The van der Waals surface area contributed by atoms with Crippen molar-refractivity contribution in [2.75, 3.05) is 0 Å². The molecule has 0 aliphatic carbocycles. The van der Waals surface area contributed by atoms with Crippen molar-refractivity contribution in [1.29, 1.82) is 5.26 Å². The molecule has 0 saturated heterocycles. The number of hydrogen-bond acceptors (Lipinski definition) is 3. The summed E-state index contributed by atoms with van der Waals surface area (Å²) in [6.07, 6.45) is 4.07. The number of imidazole rings is 1. The van der Waals surface area contributed by atoms with E-state index in [-0.39, 0.29) is 0 Å². The van der Waals surface area contributed by atoms with E-state index in [2.05, 4.69) is 32.0 Å². The molecule has 0 spiro atoms. The normalized spacial score (nSPS) is 10.7. The highest BCUT2D eigenvalue weighted by molar-refractivity contribution is 9.10. The maximum Gasteiger partial charge on any atom is 0.135 e. The Labute approximate surface area is 111 Å². The first-order valence-corrected chi connectivity index (χ1v) is 6.16. The zero-order valence-electron chi connectivity index (χ0n) is 9.27. The maximum absolute atomic E-state index is 8.89. The fourth-order valence-corrected chi connectivity index (χ4v) is 2.38. The summed E-state index contributed by atoms with van der Waals surface area (Å²) < 4.78 is 6.64. The van der Waals surface area contributed by atoms with Crippen molar-refractivity contribution in [1.82, 2.24) is 9.97 Å². The number of aromatic nitrogens is 2. The maximum atomic E-state index is 8.89. The van der Waals surface area contributed by atoms with Crippen LogP contribution in [0.3, 0.4) is 0 Å². The Morgan fingerprint density at radius 2 is 2.33 bits per heavy atom. The number of H-pyrrole nitrogens is 1. The van der Waals surface area contributed by atoms with Crippen LogP contribution in [0.25, 0.3) is 11.0 Å². The van der Waals surface area contributed by atoms with E-state index in [0.29, 0.717) is 12.0 Å². The predicted octanol–water partition coefficient (Wildman–Crippen LogP) is 3.38. The molecular formula is C13H8BrN3O. The van der Waals surface area contributed by atoms with Gasteiger partial charge in [-0.15, -0.1) is 0 Å². The smallest absolute Gasteiger partial charge is 0.135 e. The van der Waals surface area contributed by atoms with E-state index in [1.165, 1.54) is 0 Å². The summed E-state index contributed by atoms with van der Waals surface area (Å²) in [6.45, 7) is 0. The van der Waals surface area contributed by atoms with E-state index < -0.39 is 0 Å². The van der Waals surface area contributed by atoms with E-state index in [1.54, 1.807) is 18.5 Å². The Hall–Kier alpha value is -2.06. The molecule has 0 radical (unpaired) electrons. The summed E-state index contributed by atoms with van der Waals surface area (Å²) >= 11 is 3.52. The lowest BCUT2D eigenvalue weighted by Crippen LogP contribution is -1.88. The van der Waals surface area contributed by atoms with Gasteiger partial charge in [0.25, 0.3) is 0 Å². The molecule has 1 aromatic carbocycles. The van der Waals surface area contributed by atoms with Crippen LogP contribution in [0.2, 0.25) is 0 Å². The van der Waals surface area contributed by atoms with Gasteiger partial charge in [0.05, 0.1) is 22.5 Å².